The standard InChI is InChI=1S/C27H21BrN2O5S/c1-14-12-16(6-11-20(14)35-3)24(31)22-23(15-4-7-17(28)8-5-15)30(26(33)25(22)32)27-29-19-10-9-18(34-2)13-21(19)36-27/h4-13,23,31H,1-3H3/t23-/m1/s1. The molecule has 1 atom stereocenters. The lowest BCUT2D eigenvalue weighted by molar-refractivity contribution is -0.132. The van der Waals surface area contributed by atoms with Crippen LogP contribution in [0.4, 0.5) is 5.13 Å². The number of nitrogens with zero attached hydrogens (tertiary/aromatic N) is 2. The topological polar surface area (TPSA) is 89.0 Å². The van der Waals surface area contributed by atoms with Crippen molar-refractivity contribution in [3.05, 3.63) is 87.4 Å². The lowest BCUT2D eigenvalue weighted by atomic mass is 9.95. The number of carbonyl (C=O) groups is 2. The SMILES string of the molecule is COc1ccc2nc(N3C(=O)C(=O)C(=C(O)c4ccc(OC)c(C)c4)[C@H]3c3ccc(Br)cc3)sc2c1. The number of carbonyl (C=O) groups excluding carboxylic acids is 2. The van der Waals surface area contributed by atoms with Crippen molar-refractivity contribution >= 4 is 60.1 Å². The molecule has 4 aromatic rings. The molecule has 0 spiro atoms. The van der Waals surface area contributed by atoms with E-state index in [1.165, 1.54) is 16.2 Å². The summed E-state index contributed by atoms with van der Waals surface area (Å²) in [6, 6.07) is 17.0. The van der Waals surface area contributed by atoms with Crippen LogP contribution in [0.15, 0.2) is 70.7 Å². The minimum Gasteiger partial charge on any atom is -0.507 e. The van der Waals surface area contributed by atoms with Crippen molar-refractivity contribution in [3.63, 3.8) is 0 Å². The summed E-state index contributed by atoms with van der Waals surface area (Å²) in [5, 5.41) is 11.7. The molecule has 1 aliphatic heterocycles. The summed E-state index contributed by atoms with van der Waals surface area (Å²) in [7, 11) is 3.14. The first kappa shape index (κ1) is 24.0. The van der Waals surface area contributed by atoms with Crippen molar-refractivity contribution in [2.45, 2.75) is 13.0 Å². The first-order chi connectivity index (χ1) is 17.3. The summed E-state index contributed by atoms with van der Waals surface area (Å²) in [5.74, 6) is -0.454. The molecule has 2 heterocycles. The van der Waals surface area contributed by atoms with Gasteiger partial charge in [0.1, 0.15) is 17.3 Å². The molecule has 1 fully saturated rings. The zero-order valence-corrected chi connectivity index (χ0v) is 22.0. The van der Waals surface area contributed by atoms with Gasteiger partial charge in [0.15, 0.2) is 5.13 Å². The second kappa shape index (κ2) is 9.40. The number of anilines is 1. The number of Topliss-reactive ketones (excluding diaryl/α,β-unsaturated/α-hetero) is 1. The maximum absolute atomic E-state index is 13.4. The van der Waals surface area contributed by atoms with Crippen LogP contribution in [0, 0.1) is 6.92 Å². The van der Waals surface area contributed by atoms with Gasteiger partial charge in [0.05, 0.1) is 36.1 Å². The van der Waals surface area contributed by atoms with Crippen LogP contribution in [0.2, 0.25) is 0 Å². The summed E-state index contributed by atoms with van der Waals surface area (Å²) >= 11 is 4.71. The molecule has 7 nitrogen and oxygen atoms in total. The van der Waals surface area contributed by atoms with E-state index in [4.69, 9.17) is 9.47 Å². The van der Waals surface area contributed by atoms with E-state index in [9.17, 15) is 14.7 Å². The van der Waals surface area contributed by atoms with Crippen LogP contribution in [-0.4, -0.2) is 36.0 Å². The molecule has 1 aromatic heterocycles. The number of hydrogen-bond acceptors (Lipinski definition) is 7. The largest absolute Gasteiger partial charge is 0.507 e. The average molecular weight is 565 g/mol. The Morgan fingerprint density at radius 3 is 2.44 bits per heavy atom. The predicted octanol–water partition coefficient (Wildman–Crippen LogP) is 6.01. The molecule has 9 heteroatoms. The minimum atomic E-state index is -0.858. The molecule has 0 aliphatic carbocycles. The van der Waals surface area contributed by atoms with Gasteiger partial charge in [-0.15, -0.1) is 0 Å². The van der Waals surface area contributed by atoms with E-state index in [0.29, 0.717) is 33.3 Å². The number of aryl methyl sites for hydroxylation is 1. The van der Waals surface area contributed by atoms with Crippen LogP contribution < -0.4 is 14.4 Å². The second-order valence-corrected chi connectivity index (χ2v) is 10.2. The fraction of sp³-hybridized carbons (Fsp3) is 0.148. The number of thiazole rings is 1. The number of methoxy groups -OCH3 is 2. The molecule has 1 amide bonds. The van der Waals surface area contributed by atoms with Crippen molar-refractivity contribution in [2.75, 3.05) is 19.1 Å². The number of aliphatic hydroxyl groups is 1. The van der Waals surface area contributed by atoms with Crippen molar-refractivity contribution in [2.24, 2.45) is 0 Å². The minimum absolute atomic E-state index is 0.00345. The van der Waals surface area contributed by atoms with Crippen LogP contribution in [-0.2, 0) is 9.59 Å². The number of ether oxygens (including phenoxy) is 2. The molecule has 0 unspecified atom stereocenters. The number of aromatic nitrogens is 1. The van der Waals surface area contributed by atoms with Gasteiger partial charge in [0, 0.05) is 10.0 Å². The number of hydrogen-bond donors (Lipinski definition) is 1. The van der Waals surface area contributed by atoms with Gasteiger partial charge < -0.3 is 14.6 Å². The fourth-order valence-corrected chi connectivity index (χ4v) is 5.58. The van der Waals surface area contributed by atoms with E-state index >= 15 is 0 Å². The number of rotatable bonds is 5. The van der Waals surface area contributed by atoms with Crippen molar-refractivity contribution in [1.82, 2.24) is 4.98 Å². The Morgan fingerprint density at radius 2 is 1.78 bits per heavy atom. The fourth-order valence-electron chi connectivity index (χ4n) is 4.29. The molecular formula is C27H21BrN2O5S. The Morgan fingerprint density at radius 1 is 1.03 bits per heavy atom. The van der Waals surface area contributed by atoms with Gasteiger partial charge in [-0.2, -0.15) is 0 Å². The van der Waals surface area contributed by atoms with Gasteiger partial charge in [-0.05, 0) is 66.6 Å². The van der Waals surface area contributed by atoms with Crippen LogP contribution in [0.1, 0.15) is 22.7 Å². The number of aliphatic hydroxyl groups excluding tert-OH is 1. The van der Waals surface area contributed by atoms with Gasteiger partial charge in [0.25, 0.3) is 5.78 Å². The molecule has 3 aromatic carbocycles. The van der Waals surface area contributed by atoms with E-state index < -0.39 is 17.7 Å². The quantitative estimate of drug-likeness (QED) is 0.181. The predicted molar refractivity (Wildman–Crippen MR) is 143 cm³/mol. The van der Waals surface area contributed by atoms with Crippen molar-refractivity contribution in [3.8, 4) is 11.5 Å². The van der Waals surface area contributed by atoms with Gasteiger partial charge >= 0.3 is 5.91 Å². The smallest absolute Gasteiger partial charge is 0.301 e. The average Bonchev–Trinajstić information content (AvgIpc) is 3.41. The number of halogens is 1. The van der Waals surface area contributed by atoms with Crippen molar-refractivity contribution in [1.29, 1.82) is 0 Å². The Labute approximate surface area is 219 Å². The normalized spacial score (nSPS) is 17.1. The monoisotopic (exact) mass is 564 g/mol. The third-order valence-electron chi connectivity index (χ3n) is 6.09. The highest BCUT2D eigenvalue weighted by molar-refractivity contribution is 9.10. The van der Waals surface area contributed by atoms with Crippen LogP contribution in [0.25, 0.3) is 16.0 Å². The number of fused-ring (bicyclic) bond motifs is 1. The molecule has 36 heavy (non-hydrogen) atoms. The van der Waals surface area contributed by atoms with Gasteiger partial charge in [-0.25, -0.2) is 4.98 Å². The van der Waals surface area contributed by atoms with Gasteiger partial charge in [0.2, 0.25) is 0 Å². The lowest BCUT2D eigenvalue weighted by Crippen LogP contribution is -2.29. The molecule has 182 valence electrons. The third kappa shape index (κ3) is 4.04. The van der Waals surface area contributed by atoms with E-state index in [1.807, 2.05) is 37.3 Å². The second-order valence-electron chi connectivity index (χ2n) is 8.24. The number of benzene rings is 3. The summed E-state index contributed by atoms with van der Waals surface area (Å²) < 4.78 is 12.3. The lowest BCUT2D eigenvalue weighted by Gasteiger charge is -2.23. The van der Waals surface area contributed by atoms with Crippen LogP contribution in [0.3, 0.4) is 0 Å². The van der Waals surface area contributed by atoms with E-state index in [1.54, 1.807) is 44.6 Å². The molecule has 5 rings (SSSR count). The molecule has 1 N–H and O–H groups in total. The maximum atomic E-state index is 13.4. The van der Waals surface area contributed by atoms with Crippen LogP contribution >= 0.6 is 27.3 Å². The van der Waals surface area contributed by atoms with E-state index in [2.05, 4.69) is 20.9 Å². The Balaban J connectivity index is 1.71. The first-order valence-electron chi connectivity index (χ1n) is 11.0. The van der Waals surface area contributed by atoms with Crippen LogP contribution in [0.5, 0.6) is 11.5 Å². The van der Waals surface area contributed by atoms with Gasteiger partial charge in [-0.3, -0.25) is 14.5 Å². The molecule has 0 bridgehead atoms. The highest BCUT2D eigenvalue weighted by atomic mass is 79.9. The maximum Gasteiger partial charge on any atom is 0.301 e. The Hall–Kier alpha value is -3.69. The summed E-state index contributed by atoms with van der Waals surface area (Å²) in [6.07, 6.45) is 0. The molecule has 0 saturated carbocycles. The van der Waals surface area contributed by atoms with E-state index in [-0.39, 0.29) is 11.3 Å². The number of amides is 1. The molecule has 1 aliphatic rings. The van der Waals surface area contributed by atoms with E-state index in [0.717, 1.165) is 14.7 Å². The van der Waals surface area contributed by atoms with Crippen molar-refractivity contribution < 1.29 is 24.2 Å². The van der Waals surface area contributed by atoms with Gasteiger partial charge in [-0.1, -0.05) is 39.4 Å². The summed E-state index contributed by atoms with van der Waals surface area (Å²) in [5.41, 5.74) is 2.56. The first-order valence-corrected chi connectivity index (χ1v) is 12.6. The third-order valence-corrected chi connectivity index (χ3v) is 7.63. The highest BCUT2D eigenvalue weighted by Crippen LogP contribution is 2.45. The molecular weight excluding hydrogens is 544 g/mol. The Kier molecular flexibility index (Phi) is 6.27. The zero-order chi connectivity index (χ0) is 25.6. The summed E-state index contributed by atoms with van der Waals surface area (Å²) in [4.78, 5) is 32.8. The summed E-state index contributed by atoms with van der Waals surface area (Å²) in [6.45, 7) is 1.84. The number of ketones is 1. The zero-order valence-electron chi connectivity index (χ0n) is 19.6. The Bertz CT molecular complexity index is 1540. The molecule has 1 saturated heterocycles. The highest BCUT2D eigenvalue weighted by Gasteiger charge is 2.48. The molecule has 0 radical (unpaired) electrons.